The summed E-state index contributed by atoms with van der Waals surface area (Å²) in [7, 11) is 0. The SMILES string of the molecule is CC(C)(C)OC(=O)N1C=C(c2ccc(=O)n(CC(F)(F)F)c2)CCC1. The van der Waals surface area contributed by atoms with Crippen LogP contribution < -0.4 is 5.56 Å². The molecule has 1 aromatic rings. The molecule has 2 rings (SSSR count). The van der Waals surface area contributed by atoms with Crippen LogP contribution in [0.5, 0.6) is 0 Å². The fourth-order valence-electron chi connectivity index (χ4n) is 2.48. The minimum Gasteiger partial charge on any atom is -0.443 e. The summed E-state index contributed by atoms with van der Waals surface area (Å²) < 4.78 is 43.7. The highest BCUT2D eigenvalue weighted by Crippen LogP contribution is 2.26. The summed E-state index contributed by atoms with van der Waals surface area (Å²) in [6.45, 7) is 4.40. The van der Waals surface area contributed by atoms with Crippen molar-refractivity contribution >= 4 is 11.7 Å². The maximum atomic E-state index is 12.6. The molecule has 2 heterocycles. The lowest BCUT2D eigenvalue weighted by atomic mass is 10.0. The predicted octanol–water partition coefficient (Wildman–Crippen LogP) is 3.78. The highest BCUT2D eigenvalue weighted by atomic mass is 19.4. The number of carbonyl (C=O) groups excluding carboxylic acids is 1. The second-order valence-corrected chi connectivity index (χ2v) is 6.93. The number of hydrogen-bond acceptors (Lipinski definition) is 3. The van der Waals surface area contributed by atoms with E-state index in [9.17, 15) is 22.8 Å². The zero-order valence-corrected chi connectivity index (χ0v) is 14.4. The van der Waals surface area contributed by atoms with Gasteiger partial charge in [0.15, 0.2) is 0 Å². The lowest BCUT2D eigenvalue weighted by Crippen LogP contribution is -2.35. The van der Waals surface area contributed by atoms with Crippen molar-refractivity contribution in [2.75, 3.05) is 6.54 Å². The van der Waals surface area contributed by atoms with Crippen molar-refractivity contribution in [2.45, 2.75) is 51.9 Å². The molecule has 25 heavy (non-hydrogen) atoms. The minimum absolute atomic E-state index is 0.473. The van der Waals surface area contributed by atoms with E-state index in [-0.39, 0.29) is 0 Å². The third kappa shape index (κ3) is 5.65. The summed E-state index contributed by atoms with van der Waals surface area (Å²) in [6.07, 6.45) is -0.970. The molecule has 8 heteroatoms. The average molecular weight is 358 g/mol. The maximum absolute atomic E-state index is 12.6. The van der Waals surface area contributed by atoms with Gasteiger partial charge in [0.1, 0.15) is 12.1 Å². The molecule has 0 fully saturated rings. The molecule has 1 amide bonds. The van der Waals surface area contributed by atoms with E-state index in [1.165, 1.54) is 17.2 Å². The van der Waals surface area contributed by atoms with Crippen LogP contribution in [0.2, 0.25) is 0 Å². The van der Waals surface area contributed by atoms with Crippen molar-refractivity contribution in [2.24, 2.45) is 0 Å². The summed E-state index contributed by atoms with van der Waals surface area (Å²) in [4.78, 5) is 25.2. The third-order valence-electron chi connectivity index (χ3n) is 3.49. The molecule has 0 saturated heterocycles. The number of halogens is 3. The van der Waals surface area contributed by atoms with Gasteiger partial charge < -0.3 is 9.30 Å². The molecule has 0 N–H and O–H groups in total. The number of allylic oxidation sites excluding steroid dienone is 1. The maximum Gasteiger partial charge on any atom is 0.414 e. The van der Waals surface area contributed by atoms with E-state index in [2.05, 4.69) is 0 Å². The van der Waals surface area contributed by atoms with E-state index in [1.54, 1.807) is 27.0 Å². The molecule has 0 unspecified atom stereocenters. The van der Waals surface area contributed by atoms with Gasteiger partial charge in [0.05, 0.1) is 0 Å². The summed E-state index contributed by atoms with van der Waals surface area (Å²) in [6, 6.07) is 2.58. The Labute approximate surface area is 143 Å². The zero-order valence-electron chi connectivity index (χ0n) is 14.4. The molecule has 0 saturated carbocycles. The molecule has 0 aliphatic carbocycles. The smallest absolute Gasteiger partial charge is 0.414 e. The Morgan fingerprint density at radius 1 is 1.24 bits per heavy atom. The second kappa shape index (κ2) is 6.93. The molecule has 1 aromatic heterocycles. The van der Waals surface area contributed by atoms with Gasteiger partial charge in [-0.3, -0.25) is 9.69 Å². The molecule has 0 aromatic carbocycles. The third-order valence-corrected chi connectivity index (χ3v) is 3.49. The van der Waals surface area contributed by atoms with E-state index < -0.39 is 30.0 Å². The van der Waals surface area contributed by atoms with Crippen LogP contribution in [0.1, 0.15) is 39.2 Å². The molecule has 5 nitrogen and oxygen atoms in total. The van der Waals surface area contributed by atoms with E-state index in [0.29, 0.717) is 35.1 Å². The van der Waals surface area contributed by atoms with Crippen molar-refractivity contribution in [1.82, 2.24) is 9.47 Å². The Hall–Kier alpha value is -2.25. The second-order valence-electron chi connectivity index (χ2n) is 6.93. The monoisotopic (exact) mass is 358 g/mol. The highest BCUT2D eigenvalue weighted by Gasteiger charge is 2.29. The van der Waals surface area contributed by atoms with E-state index >= 15 is 0 Å². The van der Waals surface area contributed by atoms with Crippen LogP contribution in [0, 0.1) is 0 Å². The van der Waals surface area contributed by atoms with Crippen LogP contribution in [0.25, 0.3) is 5.57 Å². The number of rotatable bonds is 2. The number of ether oxygens (including phenoxy) is 1. The first-order chi connectivity index (χ1) is 11.4. The van der Waals surface area contributed by atoms with Crippen LogP contribution in [0.15, 0.2) is 29.3 Å². The number of nitrogens with zero attached hydrogens (tertiary/aromatic N) is 2. The summed E-state index contributed by atoms with van der Waals surface area (Å²) in [5.74, 6) is 0. The van der Waals surface area contributed by atoms with Crippen molar-refractivity contribution in [1.29, 1.82) is 0 Å². The standard InChI is InChI=1S/C17H21F3N2O3/c1-16(2,3)25-15(24)21-8-4-5-12(9-21)13-6-7-14(23)22(10-13)11-17(18,19)20/h6-7,9-10H,4-5,8,11H2,1-3H3. The van der Waals surface area contributed by atoms with Crippen LogP contribution in [0.4, 0.5) is 18.0 Å². The molecule has 0 radical (unpaired) electrons. The Morgan fingerprint density at radius 2 is 1.92 bits per heavy atom. The number of pyridine rings is 1. The van der Waals surface area contributed by atoms with Gasteiger partial charge in [0, 0.05) is 25.0 Å². The predicted molar refractivity (Wildman–Crippen MR) is 86.9 cm³/mol. The Morgan fingerprint density at radius 3 is 2.52 bits per heavy atom. The van der Waals surface area contributed by atoms with Gasteiger partial charge in [0.2, 0.25) is 0 Å². The van der Waals surface area contributed by atoms with Gasteiger partial charge in [-0.05, 0) is 50.8 Å². The van der Waals surface area contributed by atoms with Crippen molar-refractivity contribution < 1.29 is 22.7 Å². The zero-order chi connectivity index (χ0) is 18.8. The normalized spacial score (nSPS) is 15.8. The van der Waals surface area contributed by atoms with E-state index in [1.807, 2.05) is 0 Å². The number of amides is 1. The number of hydrogen-bond donors (Lipinski definition) is 0. The Kier molecular flexibility index (Phi) is 5.29. The summed E-state index contributed by atoms with van der Waals surface area (Å²) in [5.41, 5.74) is -0.186. The molecular formula is C17H21F3N2O3. The van der Waals surface area contributed by atoms with Gasteiger partial charge in [-0.15, -0.1) is 0 Å². The van der Waals surface area contributed by atoms with Crippen LogP contribution >= 0.6 is 0 Å². The molecule has 0 atom stereocenters. The van der Waals surface area contributed by atoms with E-state index in [0.717, 1.165) is 6.07 Å². The fourth-order valence-corrected chi connectivity index (χ4v) is 2.48. The summed E-state index contributed by atoms with van der Waals surface area (Å²) in [5, 5.41) is 0. The lowest BCUT2D eigenvalue weighted by Gasteiger charge is -2.28. The largest absolute Gasteiger partial charge is 0.443 e. The molecule has 0 bridgehead atoms. The van der Waals surface area contributed by atoms with Gasteiger partial charge >= 0.3 is 12.3 Å². The van der Waals surface area contributed by atoms with E-state index in [4.69, 9.17) is 4.74 Å². The minimum atomic E-state index is -4.48. The number of carbonyl (C=O) groups is 1. The van der Waals surface area contributed by atoms with Crippen molar-refractivity contribution in [3.8, 4) is 0 Å². The molecular weight excluding hydrogens is 337 g/mol. The lowest BCUT2D eigenvalue weighted by molar-refractivity contribution is -0.141. The Balaban J connectivity index is 2.27. The van der Waals surface area contributed by atoms with Gasteiger partial charge in [-0.1, -0.05) is 0 Å². The molecule has 1 aliphatic rings. The first-order valence-electron chi connectivity index (χ1n) is 7.92. The van der Waals surface area contributed by atoms with Crippen LogP contribution in [-0.4, -0.2) is 33.9 Å². The molecule has 0 spiro atoms. The van der Waals surface area contributed by atoms with Gasteiger partial charge in [0.25, 0.3) is 5.56 Å². The Bertz CT molecular complexity index is 730. The molecule has 138 valence electrons. The van der Waals surface area contributed by atoms with Crippen molar-refractivity contribution in [3.05, 3.63) is 40.4 Å². The first-order valence-corrected chi connectivity index (χ1v) is 7.92. The highest BCUT2D eigenvalue weighted by molar-refractivity contribution is 5.74. The average Bonchev–Trinajstić information content (AvgIpc) is 2.46. The van der Waals surface area contributed by atoms with Crippen LogP contribution in [-0.2, 0) is 11.3 Å². The quantitative estimate of drug-likeness (QED) is 0.808. The van der Waals surface area contributed by atoms with Crippen LogP contribution in [0.3, 0.4) is 0 Å². The van der Waals surface area contributed by atoms with Gasteiger partial charge in [-0.25, -0.2) is 4.79 Å². The fraction of sp³-hybridized carbons (Fsp3) is 0.529. The number of aromatic nitrogens is 1. The van der Waals surface area contributed by atoms with Gasteiger partial charge in [-0.2, -0.15) is 13.2 Å². The topological polar surface area (TPSA) is 51.5 Å². The first kappa shape index (κ1) is 19.1. The molecule has 1 aliphatic heterocycles. The summed E-state index contributed by atoms with van der Waals surface area (Å²) >= 11 is 0. The number of alkyl halides is 3. The van der Waals surface area contributed by atoms with Crippen molar-refractivity contribution in [3.63, 3.8) is 0 Å².